The Labute approximate surface area is 173 Å². The zero-order valence-corrected chi connectivity index (χ0v) is 17.9. The second-order valence-corrected chi connectivity index (χ2v) is 9.51. The van der Waals surface area contributed by atoms with Crippen LogP contribution in [-0.2, 0) is 10.2 Å². The number of hydrogen-bond acceptors (Lipinski definition) is 4. The van der Waals surface area contributed by atoms with E-state index >= 15 is 0 Å². The van der Waals surface area contributed by atoms with Crippen molar-refractivity contribution in [1.29, 1.82) is 0 Å². The lowest BCUT2D eigenvalue weighted by Gasteiger charge is -2.44. The molecule has 154 valence electrons. The number of hydrogen-bond donors (Lipinski definition) is 2. The van der Waals surface area contributed by atoms with Crippen LogP contribution in [0.15, 0.2) is 35.3 Å². The molecule has 2 heterocycles. The van der Waals surface area contributed by atoms with Crippen molar-refractivity contribution in [3.63, 3.8) is 0 Å². The van der Waals surface area contributed by atoms with Crippen LogP contribution in [0.5, 0.6) is 0 Å². The molecule has 1 unspecified atom stereocenters. The van der Waals surface area contributed by atoms with Gasteiger partial charge in [-0.2, -0.15) is 11.8 Å². The maximum Gasteiger partial charge on any atom is 0.191 e. The van der Waals surface area contributed by atoms with Gasteiger partial charge in [0, 0.05) is 49.9 Å². The Morgan fingerprint density at radius 1 is 1.11 bits per heavy atom. The van der Waals surface area contributed by atoms with Gasteiger partial charge in [0.1, 0.15) is 0 Å². The Morgan fingerprint density at radius 2 is 1.86 bits per heavy atom. The molecule has 1 saturated carbocycles. The zero-order valence-electron chi connectivity index (χ0n) is 17.1. The summed E-state index contributed by atoms with van der Waals surface area (Å²) in [5.74, 6) is 3.39. The number of nitrogens with zero attached hydrogens (tertiary/aromatic N) is 2. The predicted molar refractivity (Wildman–Crippen MR) is 118 cm³/mol. The first-order valence-corrected chi connectivity index (χ1v) is 11.8. The predicted octanol–water partition coefficient (Wildman–Crippen LogP) is 2.48. The molecule has 3 aliphatic rings. The van der Waals surface area contributed by atoms with Crippen molar-refractivity contribution in [2.45, 2.75) is 36.6 Å². The van der Waals surface area contributed by atoms with E-state index in [9.17, 15) is 0 Å². The van der Waals surface area contributed by atoms with Gasteiger partial charge >= 0.3 is 0 Å². The normalized spacial score (nSPS) is 28.0. The Hall–Kier alpha value is -1.24. The van der Waals surface area contributed by atoms with Gasteiger partial charge in [-0.1, -0.05) is 36.8 Å². The summed E-state index contributed by atoms with van der Waals surface area (Å²) < 4.78 is 5.58. The fraction of sp³-hybridized carbons (Fsp3) is 0.682. The van der Waals surface area contributed by atoms with E-state index < -0.39 is 0 Å². The summed E-state index contributed by atoms with van der Waals surface area (Å²) in [6.07, 6.45) is 5.08. The Morgan fingerprint density at radius 3 is 2.46 bits per heavy atom. The standard InChI is InChI=1S/C22H34N4OS/c1-23-20(24-16-21(8-5-9-21)19-6-3-2-4-7-19)25-17-22(10-15-28-18-22)26-11-13-27-14-12-26/h2-4,6-7H,5,8-18H2,1H3,(H2,23,24,25). The first kappa shape index (κ1) is 20.0. The van der Waals surface area contributed by atoms with Gasteiger partial charge in [-0.15, -0.1) is 0 Å². The number of guanidine groups is 1. The third-order valence-corrected chi connectivity index (χ3v) is 8.10. The highest BCUT2D eigenvalue weighted by atomic mass is 32.2. The third-order valence-electron chi connectivity index (χ3n) is 6.86. The third kappa shape index (κ3) is 4.19. The number of ether oxygens (including phenoxy) is 1. The van der Waals surface area contributed by atoms with Gasteiger partial charge < -0.3 is 15.4 Å². The van der Waals surface area contributed by atoms with Gasteiger partial charge in [-0.25, -0.2) is 0 Å². The second kappa shape index (κ2) is 9.06. The average molecular weight is 403 g/mol. The first-order chi connectivity index (χ1) is 13.8. The molecule has 0 bridgehead atoms. The molecule has 0 aromatic heterocycles. The number of morpholine rings is 1. The van der Waals surface area contributed by atoms with Crippen LogP contribution >= 0.6 is 11.8 Å². The largest absolute Gasteiger partial charge is 0.379 e. The molecule has 2 aliphatic heterocycles. The van der Waals surface area contributed by atoms with Gasteiger partial charge in [0.05, 0.1) is 13.2 Å². The van der Waals surface area contributed by atoms with Gasteiger partial charge in [0.15, 0.2) is 5.96 Å². The summed E-state index contributed by atoms with van der Waals surface area (Å²) in [5.41, 5.74) is 1.96. The number of rotatable bonds is 6. The minimum Gasteiger partial charge on any atom is -0.379 e. The van der Waals surface area contributed by atoms with Gasteiger partial charge in [0.25, 0.3) is 0 Å². The minimum atomic E-state index is 0.236. The van der Waals surface area contributed by atoms with E-state index in [1.165, 1.54) is 42.8 Å². The van der Waals surface area contributed by atoms with Crippen LogP contribution in [0, 0.1) is 0 Å². The fourth-order valence-corrected chi connectivity index (χ4v) is 6.30. The molecular formula is C22H34N4OS. The molecule has 2 N–H and O–H groups in total. The smallest absolute Gasteiger partial charge is 0.191 e. The van der Waals surface area contributed by atoms with Crippen molar-refractivity contribution in [2.75, 3.05) is 57.9 Å². The lowest BCUT2D eigenvalue weighted by atomic mass is 9.64. The summed E-state index contributed by atoms with van der Waals surface area (Å²) in [5, 5.41) is 7.31. The zero-order chi connectivity index (χ0) is 19.3. The number of thioether (sulfide) groups is 1. The molecule has 1 aromatic rings. The van der Waals surface area contributed by atoms with Crippen molar-refractivity contribution in [3.05, 3.63) is 35.9 Å². The lowest BCUT2D eigenvalue weighted by Crippen LogP contribution is -2.60. The highest BCUT2D eigenvalue weighted by molar-refractivity contribution is 7.99. The molecular weight excluding hydrogens is 368 g/mol. The maximum atomic E-state index is 5.58. The van der Waals surface area contributed by atoms with Crippen LogP contribution in [0.4, 0.5) is 0 Å². The summed E-state index contributed by atoms with van der Waals surface area (Å²) in [6, 6.07) is 11.0. The number of nitrogens with one attached hydrogen (secondary N) is 2. The van der Waals surface area contributed by atoms with Crippen molar-refractivity contribution in [1.82, 2.24) is 15.5 Å². The Balaban J connectivity index is 1.35. The van der Waals surface area contributed by atoms with Crippen LogP contribution in [0.2, 0.25) is 0 Å². The molecule has 0 radical (unpaired) electrons. The minimum absolute atomic E-state index is 0.236. The molecule has 28 heavy (non-hydrogen) atoms. The molecule has 5 nitrogen and oxygen atoms in total. The van der Waals surface area contributed by atoms with Crippen LogP contribution in [0.25, 0.3) is 0 Å². The highest BCUT2D eigenvalue weighted by Crippen LogP contribution is 2.43. The van der Waals surface area contributed by atoms with Crippen molar-refractivity contribution >= 4 is 17.7 Å². The molecule has 4 rings (SSSR count). The molecule has 0 amide bonds. The maximum absolute atomic E-state index is 5.58. The SMILES string of the molecule is CN=C(NCC1(c2ccccc2)CCC1)NCC1(N2CCOCC2)CCSC1. The van der Waals surface area contributed by atoms with Gasteiger partial charge in [-0.05, 0) is 30.6 Å². The lowest BCUT2D eigenvalue weighted by molar-refractivity contribution is -0.0120. The van der Waals surface area contributed by atoms with Crippen molar-refractivity contribution < 1.29 is 4.74 Å². The van der Waals surface area contributed by atoms with E-state index in [1.54, 1.807) is 0 Å². The molecule has 0 spiro atoms. The van der Waals surface area contributed by atoms with Gasteiger partial charge in [0.2, 0.25) is 0 Å². The van der Waals surface area contributed by atoms with Crippen molar-refractivity contribution in [2.24, 2.45) is 4.99 Å². The molecule has 2 saturated heterocycles. The quantitative estimate of drug-likeness (QED) is 0.566. The first-order valence-electron chi connectivity index (χ1n) is 10.7. The van der Waals surface area contributed by atoms with Crippen LogP contribution < -0.4 is 10.6 Å². The number of aliphatic imine (C=N–C) groups is 1. The molecule has 6 heteroatoms. The molecule has 1 aliphatic carbocycles. The average Bonchev–Trinajstić information content (AvgIpc) is 3.21. The van der Waals surface area contributed by atoms with E-state index in [0.29, 0.717) is 0 Å². The van der Waals surface area contributed by atoms with E-state index in [1.807, 2.05) is 7.05 Å². The summed E-state index contributed by atoms with van der Waals surface area (Å²) in [4.78, 5) is 7.17. The van der Waals surface area contributed by atoms with Crippen LogP contribution in [-0.4, -0.2) is 74.3 Å². The van der Waals surface area contributed by atoms with Crippen LogP contribution in [0.3, 0.4) is 0 Å². The summed E-state index contributed by atoms with van der Waals surface area (Å²) >= 11 is 2.08. The molecule has 1 aromatic carbocycles. The van der Waals surface area contributed by atoms with E-state index in [0.717, 1.165) is 45.4 Å². The monoisotopic (exact) mass is 402 g/mol. The molecule has 3 fully saturated rings. The topological polar surface area (TPSA) is 48.9 Å². The Kier molecular flexibility index (Phi) is 6.48. The molecule has 1 atom stereocenters. The van der Waals surface area contributed by atoms with Gasteiger partial charge in [-0.3, -0.25) is 9.89 Å². The van der Waals surface area contributed by atoms with E-state index in [4.69, 9.17) is 4.74 Å². The fourth-order valence-electron chi connectivity index (χ4n) is 4.82. The van der Waals surface area contributed by atoms with Crippen LogP contribution in [0.1, 0.15) is 31.2 Å². The van der Waals surface area contributed by atoms with E-state index in [-0.39, 0.29) is 11.0 Å². The summed E-state index contributed by atoms with van der Waals surface area (Å²) in [6.45, 7) is 5.72. The number of benzene rings is 1. The highest BCUT2D eigenvalue weighted by Gasteiger charge is 2.41. The van der Waals surface area contributed by atoms with E-state index in [2.05, 4.69) is 62.6 Å². The van der Waals surface area contributed by atoms with Crippen molar-refractivity contribution in [3.8, 4) is 0 Å². The second-order valence-electron chi connectivity index (χ2n) is 8.41. The Bertz CT molecular complexity index is 650. The summed E-state index contributed by atoms with van der Waals surface area (Å²) in [7, 11) is 1.89.